The number of unbranched alkanes of at least 4 members (excludes halogenated alkanes) is 1. The van der Waals surface area contributed by atoms with Crippen molar-refractivity contribution in [2.24, 2.45) is 10.8 Å². The van der Waals surface area contributed by atoms with E-state index in [1.165, 1.54) is 36.8 Å². The first kappa shape index (κ1) is 20.6. The van der Waals surface area contributed by atoms with E-state index in [-0.39, 0.29) is 5.82 Å². The Morgan fingerprint density at radius 2 is 1.81 bits per heavy atom. The first-order chi connectivity index (χ1) is 12.7. The molecule has 1 unspecified atom stereocenters. The lowest BCUT2D eigenvalue weighted by Crippen LogP contribution is -2.34. The van der Waals surface area contributed by atoms with E-state index in [2.05, 4.69) is 52.1 Å². The zero-order chi connectivity index (χ0) is 19.7. The molecule has 0 radical (unpaired) electrons. The highest BCUT2D eigenvalue weighted by Crippen LogP contribution is 2.53. The van der Waals surface area contributed by atoms with Crippen LogP contribution in [-0.2, 0) is 0 Å². The quantitative estimate of drug-likeness (QED) is 0.583. The van der Waals surface area contributed by atoms with E-state index in [4.69, 9.17) is 0 Å². The number of rotatable bonds is 5. The second-order valence-electron chi connectivity index (χ2n) is 10.5. The largest absolute Gasteiger partial charge is 0.310 e. The van der Waals surface area contributed by atoms with Gasteiger partial charge in [-0.3, -0.25) is 0 Å². The van der Waals surface area contributed by atoms with Crippen molar-refractivity contribution in [3.05, 3.63) is 41.2 Å². The maximum absolute atomic E-state index is 15.1. The molecular weight excluding hydrogens is 333 g/mol. The fraction of sp³-hybridized carbons (Fsp3) is 0.680. The van der Waals surface area contributed by atoms with Crippen LogP contribution >= 0.6 is 0 Å². The Balaban J connectivity index is 1.92. The Bertz CT molecular complexity index is 670. The number of halogens is 1. The molecule has 0 amide bonds. The van der Waals surface area contributed by atoms with Crippen LogP contribution in [-0.4, -0.2) is 12.6 Å². The Kier molecular flexibility index (Phi) is 6.15. The molecule has 1 fully saturated rings. The van der Waals surface area contributed by atoms with Crippen molar-refractivity contribution in [2.75, 3.05) is 6.54 Å². The molecule has 0 aromatic heterocycles. The van der Waals surface area contributed by atoms with Gasteiger partial charge in [0.2, 0.25) is 0 Å². The fourth-order valence-electron chi connectivity index (χ4n) is 5.91. The van der Waals surface area contributed by atoms with Crippen LogP contribution in [0.2, 0.25) is 0 Å². The van der Waals surface area contributed by atoms with Gasteiger partial charge in [0.1, 0.15) is 5.82 Å². The molecule has 1 aromatic rings. The molecule has 0 bridgehead atoms. The van der Waals surface area contributed by atoms with E-state index in [0.717, 1.165) is 31.4 Å². The molecule has 0 spiro atoms. The van der Waals surface area contributed by atoms with Gasteiger partial charge in [-0.1, -0.05) is 65.7 Å². The molecule has 1 saturated carbocycles. The van der Waals surface area contributed by atoms with Crippen LogP contribution in [0.1, 0.15) is 96.6 Å². The summed E-state index contributed by atoms with van der Waals surface area (Å²) in [7, 11) is 0. The Morgan fingerprint density at radius 1 is 1.11 bits per heavy atom. The van der Waals surface area contributed by atoms with Crippen molar-refractivity contribution in [3.8, 4) is 0 Å². The SMILES string of the molecule is CCCCC1CC(c2c(F)cccc2C2CC(C)(C)CC(C)(C)C2)=CCN1. The molecule has 1 aromatic carbocycles. The standard InChI is InChI=1S/C25H38FN/c1-6-7-9-20-14-18(12-13-27-20)23-21(10-8-11-22(23)26)19-15-24(2,3)17-25(4,5)16-19/h8,10-12,19-20,27H,6-7,9,13-17H2,1-5H3. The van der Waals surface area contributed by atoms with E-state index in [1.54, 1.807) is 6.07 Å². The van der Waals surface area contributed by atoms with E-state index in [1.807, 2.05) is 6.07 Å². The van der Waals surface area contributed by atoms with E-state index in [9.17, 15) is 0 Å². The predicted molar refractivity (Wildman–Crippen MR) is 114 cm³/mol. The lowest BCUT2D eigenvalue weighted by molar-refractivity contribution is 0.0967. The number of hydrogen-bond acceptors (Lipinski definition) is 1. The second-order valence-corrected chi connectivity index (χ2v) is 10.5. The third-order valence-corrected chi connectivity index (χ3v) is 6.49. The summed E-state index contributed by atoms with van der Waals surface area (Å²) >= 11 is 0. The normalized spacial score (nSPS) is 25.3. The number of nitrogens with one attached hydrogen (secondary N) is 1. The van der Waals surface area contributed by atoms with E-state index >= 15 is 4.39 Å². The summed E-state index contributed by atoms with van der Waals surface area (Å²) in [4.78, 5) is 0. The van der Waals surface area contributed by atoms with Gasteiger partial charge in [-0.25, -0.2) is 4.39 Å². The fourth-order valence-corrected chi connectivity index (χ4v) is 5.91. The Hall–Kier alpha value is -1.15. The van der Waals surface area contributed by atoms with Crippen LogP contribution in [0.4, 0.5) is 4.39 Å². The van der Waals surface area contributed by atoms with Crippen molar-refractivity contribution in [3.63, 3.8) is 0 Å². The zero-order valence-electron chi connectivity index (χ0n) is 18.0. The Labute approximate surface area is 165 Å². The average Bonchev–Trinajstić information content (AvgIpc) is 2.57. The third kappa shape index (κ3) is 5.02. The van der Waals surface area contributed by atoms with Gasteiger partial charge in [0.05, 0.1) is 0 Å². The molecule has 1 aliphatic heterocycles. The van der Waals surface area contributed by atoms with Crippen molar-refractivity contribution < 1.29 is 4.39 Å². The lowest BCUT2D eigenvalue weighted by Gasteiger charge is -2.45. The third-order valence-electron chi connectivity index (χ3n) is 6.49. The summed E-state index contributed by atoms with van der Waals surface area (Å²) in [5.74, 6) is 0.412. The van der Waals surface area contributed by atoms with Crippen LogP contribution < -0.4 is 5.32 Å². The molecule has 1 nitrogen and oxygen atoms in total. The van der Waals surface area contributed by atoms with Crippen LogP contribution in [0.5, 0.6) is 0 Å². The molecule has 1 atom stereocenters. The van der Waals surface area contributed by atoms with Gasteiger partial charge in [-0.05, 0) is 66.1 Å². The van der Waals surface area contributed by atoms with Gasteiger partial charge < -0.3 is 5.32 Å². The predicted octanol–water partition coefficient (Wildman–Crippen LogP) is 7.08. The average molecular weight is 372 g/mol. The lowest BCUT2D eigenvalue weighted by atomic mass is 9.59. The minimum atomic E-state index is -0.0314. The highest BCUT2D eigenvalue weighted by Gasteiger charge is 2.40. The van der Waals surface area contributed by atoms with Gasteiger partial charge >= 0.3 is 0 Å². The van der Waals surface area contributed by atoms with Crippen molar-refractivity contribution in [1.29, 1.82) is 0 Å². The van der Waals surface area contributed by atoms with Crippen molar-refractivity contribution in [2.45, 2.75) is 91.5 Å². The summed E-state index contributed by atoms with van der Waals surface area (Å²) < 4.78 is 15.1. The number of hydrogen-bond donors (Lipinski definition) is 1. The first-order valence-corrected chi connectivity index (χ1v) is 10.9. The summed E-state index contributed by atoms with van der Waals surface area (Å²) in [5.41, 5.74) is 4.01. The molecule has 1 N–H and O–H groups in total. The molecule has 3 rings (SSSR count). The van der Waals surface area contributed by atoms with E-state index in [0.29, 0.717) is 22.8 Å². The van der Waals surface area contributed by atoms with Gasteiger partial charge in [0.25, 0.3) is 0 Å². The summed E-state index contributed by atoms with van der Waals surface area (Å²) in [6.45, 7) is 12.6. The van der Waals surface area contributed by atoms with Crippen LogP contribution in [0.15, 0.2) is 24.3 Å². The topological polar surface area (TPSA) is 12.0 Å². The maximum atomic E-state index is 15.1. The monoisotopic (exact) mass is 371 g/mol. The summed E-state index contributed by atoms with van der Waals surface area (Å²) in [5, 5.41) is 3.60. The molecule has 0 saturated heterocycles. The highest BCUT2D eigenvalue weighted by molar-refractivity contribution is 5.70. The van der Waals surface area contributed by atoms with E-state index < -0.39 is 0 Å². The molecule has 1 aliphatic carbocycles. The second kappa shape index (κ2) is 8.07. The molecule has 1 heterocycles. The first-order valence-electron chi connectivity index (χ1n) is 10.9. The Morgan fingerprint density at radius 3 is 2.48 bits per heavy atom. The summed E-state index contributed by atoms with van der Waals surface area (Å²) in [6.07, 6.45) is 10.4. The van der Waals surface area contributed by atoms with Gasteiger partial charge in [-0.2, -0.15) is 0 Å². The molecular formula is C25H38FN. The summed E-state index contributed by atoms with van der Waals surface area (Å²) in [6, 6.07) is 6.25. The van der Waals surface area contributed by atoms with Gasteiger partial charge in [-0.15, -0.1) is 0 Å². The molecule has 150 valence electrons. The zero-order valence-corrected chi connectivity index (χ0v) is 18.0. The minimum absolute atomic E-state index is 0.0314. The van der Waals surface area contributed by atoms with Crippen LogP contribution in [0.3, 0.4) is 0 Å². The smallest absolute Gasteiger partial charge is 0.130 e. The molecule has 2 aliphatic rings. The number of benzene rings is 1. The van der Waals surface area contributed by atoms with Crippen LogP contribution in [0.25, 0.3) is 5.57 Å². The molecule has 27 heavy (non-hydrogen) atoms. The van der Waals surface area contributed by atoms with Crippen molar-refractivity contribution in [1.82, 2.24) is 5.32 Å². The molecule has 2 heteroatoms. The minimum Gasteiger partial charge on any atom is -0.310 e. The van der Waals surface area contributed by atoms with Crippen molar-refractivity contribution >= 4 is 5.57 Å². The van der Waals surface area contributed by atoms with Gasteiger partial charge in [0.15, 0.2) is 0 Å². The maximum Gasteiger partial charge on any atom is 0.130 e. The van der Waals surface area contributed by atoms with Gasteiger partial charge in [0, 0.05) is 18.2 Å². The van der Waals surface area contributed by atoms with Crippen LogP contribution in [0, 0.1) is 16.6 Å². The highest BCUT2D eigenvalue weighted by atomic mass is 19.1.